The van der Waals surface area contributed by atoms with Crippen LogP contribution in [0.25, 0.3) is 0 Å². The Labute approximate surface area is 93.1 Å². The fraction of sp³-hybridized carbons (Fsp3) is 0.333. The summed E-state index contributed by atoms with van der Waals surface area (Å²) in [5.41, 5.74) is 0.626. The van der Waals surface area contributed by atoms with E-state index in [0.29, 0.717) is 12.1 Å². The highest BCUT2D eigenvalue weighted by atomic mass is 79.9. The van der Waals surface area contributed by atoms with Crippen molar-refractivity contribution in [3.63, 3.8) is 0 Å². The Kier molecular flexibility index (Phi) is 3.95. The molecule has 0 aliphatic rings. The standard InChI is InChI=1S/C9H12BrNO2S/c1-2-8-14(12,13)11(10)9-6-4-3-5-7-9/h3-7H,2,8H2,1H3. The van der Waals surface area contributed by atoms with Crippen molar-refractivity contribution < 1.29 is 8.42 Å². The van der Waals surface area contributed by atoms with Gasteiger partial charge in [-0.3, -0.25) is 0 Å². The Bertz CT molecular complexity index is 377. The van der Waals surface area contributed by atoms with Crippen molar-refractivity contribution >= 4 is 31.9 Å². The number of nitrogens with zero attached hydrogens (tertiary/aromatic N) is 1. The highest BCUT2D eigenvalue weighted by Crippen LogP contribution is 2.21. The van der Waals surface area contributed by atoms with Gasteiger partial charge in [0.25, 0.3) is 0 Å². The van der Waals surface area contributed by atoms with Crippen LogP contribution in [-0.4, -0.2) is 14.2 Å². The van der Waals surface area contributed by atoms with Crippen molar-refractivity contribution in [2.75, 3.05) is 9.08 Å². The van der Waals surface area contributed by atoms with Gasteiger partial charge >= 0.3 is 0 Å². The largest absolute Gasteiger partial charge is 0.244 e. The smallest absolute Gasteiger partial charge is 0.206 e. The summed E-state index contributed by atoms with van der Waals surface area (Å²) in [6.45, 7) is 1.84. The number of hydrogen-bond donors (Lipinski definition) is 0. The Hall–Kier alpha value is -0.550. The van der Waals surface area contributed by atoms with Crippen LogP contribution in [-0.2, 0) is 10.0 Å². The van der Waals surface area contributed by atoms with Crippen LogP contribution in [0.1, 0.15) is 13.3 Å². The first kappa shape index (κ1) is 11.5. The van der Waals surface area contributed by atoms with Gasteiger partial charge in [0, 0.05) is 0 Å². The summed E-state index contributed by atoms with van der Waals surface area (Å²) in [6, 6.07) is 8.91. The first-order valence-electron chi connectivity index (χ1n) is 4.32. The maximum atomic E-state index is 11.6. The number of hydrogen-bond acceptors (Lipinski definition) is 2. The van der Waals surface area contributed by atoms with Crippen LogP contribution >= 0.6 is 16.1 Å². The molecular formula is C9H12BrNO2S. The molecule has 0 radical (unpaired) electrons. The van der Waals surface area contributed by atoms with Crippen LogP contribution in [0.5, 0.6) is 0 Å². The van der Waals surface area contributed by atoms with Gasteiger partial charge in [0.1, 0.15) is 0 Å². The molecule has 0 bridgehead atoms. The van der Waals surface area contributed by atoms with Gasteiger partial charge < -0.3 is 0 Å². The number of halogens is 1. The first-order valence-corrected chi connectivity index (χ1v) is 6.63. The Balaban J connectivity index is 2.91. The van der Waals surface area contributed by atoms with Crippen molar-refractivity contribution in [2.24, 2.45) is 0 Å². The summed E-state index contributed by atoms with van der Waals surface area (Å²) in [7, 11) is -3.21. The molecular weight excluding hydrogens is 266 g/mol. The van der Waals surface area contributed by atoms with E-state index in [2.05, 4.69) is 16.1 Å². The molecule has 0 saturated heterocycles. The molecule has 1 rings (SSSR count). The van der Waals surface area contributed by atoms with E-state index in [1.807, 2.05) is 13.0 Å². The summed E-state index contributed by atoms with van der Waals surface area (Å²) in [5.74, 6) is 0.146. The van der Waals surface area contributed by atoms with Crippen LogP contribution in [0.2, 0.25) is 0 Å². The summed E-state index contributed by atoms with van der Waals surface area (Å²) in [5, 5.41) is 0. The lowest BCUT2D eigenvalue weighted by molar-refractivity contribution is 0.597. The molecule has 3 nitrogen and oxygen atoms in total. The van der Waals surface area contributed by atoms with Gasteiger partial charge in [-0.1, -0.05) is 25.1 Å². The summed E-state index contributed by atoms with van der Waals surface area (Å²) in [4.78, 5) is 0. The quantitative estimate of drug-likeness (QED) is 0.794. The average Bonchev–Trinajstić information content (AvgIpc) is 2.18. The van der Waals surface area contributed by atoms with Crippen molar-refractivity contribution in [3.8, 4) is 0 Å². The monoisotopic (exact) mass is 277 g/mol. The lowest BCUT2D eigenvalue weighted by Crippen LogP contribution is -2.23. The van der Waals surface area contributed by atoms with E-state index in [1.165, 1.54) is 0 Å². The van der Waals surface area contributed by atoms with Crippen LogP contribution in [0.3, 0.4) is 0 Å². The first-order chi connectivity index (χ1) is 6.58. The van der Waals surface area contributed by atoms with Gasteiger partial charge in [0.15, 0.2) is 0 Å². The van der Waals surface area contributed by atoms with Crippen molar-refractivity contribution in [2.45, 2.75) is 13.3 Å². The van der Waals surface area contributed by atoms with Crippen LogP contribution < -0.4 is 3.33 Å². The van der Waals surface area contributed by atoms with E-state index < -0.39 is 10.0 Å². The fourth-order valence-electron chi connectivity index (χ4n) is 1.04. The number of anilines is 1. The molecule has 0 unspecified atom stereocenters. The van der Waals surface area contributed by atoms with Gasteiger partial charge in [-0.05, 0) is 18.6 Å². The molecule has 5 heteroatoms. The van der Waals surface area contributed by atoms with E-state index >= 15 is 0 Å². The second-order valence-corrected chi connectivity index (χ2v) is 5.98. The number of para-hydroxylation sites is 1. The lowest BCUT2D eigenvalue weighted by atomic mass is 10.3. The average molecular weight is 278 g/mol. The molecule has 0 amide bonds. The number of benzene rings is 1. The zero-order chi connectivity index (χ0) is 10.6. The van der Waals surface area contributed by atoms with Crippen LogP contribution in [0, 0.1) is 0 Å². The topological polar surface area (TPSA) is 37.4 Å². The maximum Gasteiger partial charge on any atom is 0.244 e. The molecule has 0 aliphatic carbocycles. The fourth-order valence-corrected chi connectivity index (χ4v) is 2.83. The van der Waals surface area contributed by atoms with Gasteiger partial charge in [-0.25, -0.2) is 11.7 Å². The summed E-state index contributed by atoms with van der Waals surface area (Å²) < 4.78 is 24.4. The Morgan fingerprint density at radius 3 is 2.36 bits per heavy atom. The van der Waals surface area contributed by atoms with Crippen LogP contribution in [0.15, 0.2) is 30.3 Å². The molecule has 0 saturated carbocycles. The second kappa shape index (κ2) is 4.79. The third-order valence-corrected chi connectivity index (χ3v) is 5.02. The molecule has 1 aromatic rings. The summed E-state index contributed by atoms with van der Waals surface area (Å²) in [6.07, 6.45) is 0.608. The molecule has 0 spiro atoms. The SMILES string of the molecule is CCCS(=O)(=O)N(Br)c1ccccc1. The molecule has 1 aromatic carbocycles. The Morgan fingerprint density at radius 1 is 1.29 bits per heavy atom. The van der Waals surface area contributed by atoms with Gasteiger partial charge in [-0.2, -0.15) is 0 Å². The minimum absolute atomic E-state index is 0.146. The lowest BCUT2D eigenvalue weighted by Gasteiger charge is -2.15. The van der Waals surface area contributed by atoms with E-state index in [-0.39, 0.29) is 5.75 Å². The molecule has 0 N–H and O–H groups in total. The third kappa shape index (κ3) is 2.72. The minimum Gasteiger partial charge on any atom is -0.206 e. The highest BCUT2D eigenvalue weighted by molar-refractivity contribution is 9.11. The number of rotatable bonds is 4. The summed E-state index contributed by atoms with van der Waals surface area (Å²) >= 11 is 3.05. The molecule has 0 fully saturated rings. The molecule has 0 aromatic heterocycles. The van der Waals surface area contributed by atoms with E-state index in [1.54, 1.807) is 24.3 Å². The second-order valence-electron chi connectivity index (χ2n) is 2.87. The zero-order valence-electron chi connectivity index (χ0n) is 7.85. The van der Waals surface area contributed by atoms with Gasteiger partial charge in [0.05, 0.1) is 27.6 Å². The highest BCUT2D eigenvalue weighted by Gasteiger charge is 2.18. The zero-order valence-corrected chi connectivity index (χ0v) is 10.3. The maximum absolute atomic E-state index is 11.6. The number of sulfonamides is 1. The predicted molar refractivity (Wildman–Crippen MR) is 61.9 cm³/mol. The molecule has 0 heterocycles. The predicted octanol–water partition coefficient (Wildman–Crippen LogP) is 2.54. The molecule has 0 aliphatic heterocycles. The van der Waals surface area contributed by atoms with E-state index in [0.717, 1.165) is 3.33 Å². The third-order valence-electron chi connectivity index (χ3n) is 1.67. The van der Waals surface area contributed by atoms with Crippen LogP contribution in [0.4, 0.5) is 5.69 Å². The van der Waals surface area contributed by atoms with Crippen molar-refractivity contribution in [3.05, 3.63) is 30.3 Å². The molecule has 78 valence electrons. The van der Waals surface area contributed by atoms with Gasteiger partial charge in [0.2, 0.25) is 10.0 Å². The van der Waals surface area contributed by atoms with Crippen molar-refractivity contribution in [1.82, 2.24) is 0 Å². The Morgan fingerprint density at radius 2 is 1.86 bits per heavy atom. The minimum atomic E-state index is -3.21. The normalized spacial score (nSPS) is 11.3. The van der Waals surface area contributed by atoms with E-state index in [9.17, 15) is 8.42 Å². The van der Waals surface area contributed by atoms with E-state index in [4.69, 9.17) is 0 Å². The van der Waals surface area contributed by atoms with Gasteiger partial charge in [-0.15, -0.1) is 0 Å². The molecule has 0 atom stereocenters. The van der Waals surface area contributed by atoms with Crippen molar-refractivity contribution in [1.29, 1.82) is 0 Å². The molecule has 14 heavy (non-hydrogen) atoms.